The number of rotatable bonds is 6. The van der Waals surface area contributed by atoms with E-state index < -0.39 is 0 Å². The fourth-order valence-corrected chi connectivity index (χ4v) is 2.50. The summed E-state index contributed by atoms with van der Waals surface area (Å²) < 4.78 is 4.94. The Morgan fingerprint density at radius 1 is 1.04 bits per heavy atom. The lowest BCUT2D eigenvalue weighted by Crippen LogP contribution is -2.27. The molecule has 0 spiro atoms. The molecule has 0 bridgehead atoms. The third-order valence-corrected chi connectivity index (χ3v) is 3.99. The number of hydrogen-bond acceptors (Lipinski definition) is 5. The summed E-state index contributed by atoms with van der Waals surface area (Å²) in [6, 6.07) is 14.4. The van der Waals surface area contributed by atoms with Crippen LogP contribution in [0.5, 0.6) is 0 Å². The van der Waals surface area contributed by atoms with E-state index in [-0.39, 0.29) is 24.8 Å². The maximum Gasteiger partial charge on any atom is 0.251 e. The lowest BCUT2D eigenvalue weighted by molar-refractivity contribution is -0.116. The SMILES string of the molecule is Cc1nc(-c2ccc(C(=O)NCCC(=O)Nc3ccccc3C)cc2)no1. The van der Waals surface area contributed by atoms with Crippen molar-refractivity contribution in [1.29, 1.82) is 0 Å². The second-order valence-corrected chi connectivity index (χ2v) is 6.08. The van der Waals surface area contributed by atoms with E-state index in [9.17, 15) is 9.59 Å². The third kappa shape index (κ3) is 4.78. The minimum Gasteiger partial charge on any atom is -0.352 e. The van der Waals surface area contributed by atoms with Crippen molar-refractivity contribution in [3.8, 4) is 11.4 Å². The zero-order valence-electron chi connectivity index (χ0n) is 15.2. The van der Waals surface area contributed by atoms with Gasteiger partial charge < -0.3 is 15.2 Å². The number of nitrogens with zero attached hydrogens (tertiary/aromatic N) is 2. The van der Waals surface area contributed by atoms with Crippen molar-refractivity contribution in [3.05, 3.63) is 65.5 Å². The van der Waals surface area contributed by atoms with Gasteiger partial charge in [0.1, 0.15) is 0 Å². The van der Waals surface area contributed by atoms with Gasteiger partial charge in [0.2, 0.25) is 17.6 Å². The summed E-state index contributed by atoms with van der Waals surface area (Å²) in [5, 5.41) is 9.42. The second kappa shape index (κ2) is 8.27. The number of amides is 2. The van der Waals surface area contributed by atoms with Crippen molar-refractivity contribution in [2.45, 2.75) is 20.3 Å². The van der Waals surface area contributed by atoms with Crippen LogP contribution >= 0.6 is 0 Å². The predicted molar refractivity (Wildman–Crippen MR) is 101 cm³/mol. The molecule has 3 rings (SSSR count). The van der Waals surface area contributed by atoms with Gasteiger partial charge in [0.25, 0.3) is 5.91 Å². The zero-order chi connectivity index (χ0) is 19.2. The molecule has 7 heteroatoms. The van der Waals surface area contributed by atoms with E-state index >= 15 is 0 Å². The first-order valence-electron chi connectivity index (χ1n) is 8.57. The fraction of sp³-hybridized carbons (Fsp3) is 0.200. The Labute approximate surface area is 156 Å². The zero-order valence-corrected chi connectivity index (χ0v) is 15.2. The Kier molecular flexibility index (Phi) is 5.61. The van der Waals surface area contributed by atoms with Crippen LogP contribution in [0.4, 0.5) is 5.69 Å². The van der Waals surface area contributed by atoms with Crippen molar-refractivity contribution in [2.24, 2.45) is 0 Å². The van der Waals surface area contributed by atoms with Gasteiger partial charge in [-0.2, -0.15) is 4.98 Å². The Balaban J connectivity index is 1.49. The van der Waals surface area contributed by atoms with Gasteiger partial charge in [0.05, 0.1) is 0 Å². The summed E-state index contributed by atoms with van der Waals surface area (Å²) in [4.78, 5) is 28.3. The van der Waals surface area contributed by atoms with E-state index in [1.165, 1.54) is 0 Å². The number of para-hydroxylation sites is 1. The van der Waals surface area contributed by atoms with Crippen LogP contribution in [0.1, 0.15) is 28.2 Å². The number of carbonyl (C=O) groups excluding carboxylic acids is 2. The first-order valence-corrected chi connectivity index (χ1v) is 8.57. The Bertz CT molecular complexity index is 948. The van der Waals surface area contributed by atoms with E-state index in [0.717, 1.165) is 16.8 Å². The van der Waals surface area contributed by atoms with Crippen molar-refractivity contribution in [2.75, 3.05) is 11.9 Å². The van der Waals surface area contributed by atoms with Crippen LogP contribution < -0.4 is 10.6 Å². The molecule has 0 aliphatic heterocycles. The van der Waals surface area contributed by atoms with E-state index in [1.807, 2.05) is 31.2 Å². The predicted octanol–water partition coefficient (Wildman–Crippen LogP) is 3.11. The molecule has 0 saturated heterocycles. The molecule has 2 aromatic carbocycles. The maximum absolute atomic E-state index is 12.2. The van der Waals surface area contributed by atoms with Gasteiger partial charge in [0.15, 0.2) is 0 Å². The van der Waals surface area contributed by atoms with Gasteiger partial charge in [-0.15, -0.1) is 0 Å². The number of aromatic nitrogens is 2. The van der Waals surface area contributed by atoms with Crippen LogP contribution in [0, 0.1) is 13.8 Å². The van der Waals surface area contributed by atoms with Crippen LogP contribution in [0.3, 0.4) is 0 Å². The smallest absolute Gasteiger partial charge is 0.251 e. The highest BCUT2D eigenvalue weighted by Gasteiger charge is 2.10. The molecule has 7 nitrogen and oxygen atoms in total. The average Bonchev–Trinajstić information content (AvgIpc) is 3.10. The molecule has 138 valence electrons. The molecule has 0 aliphatic carbocycles. The number of benzene rings is 2. The molecular formula is C20H20N4O3. The normalized spacial score (nSPS) is 10.4. The Hall–Kier alpha value is -3.48. The number of aryl methyl sites for hydroxylation is 2. The molecule has 27 heavy (non-hydrogen) atoms. The first-order chi connectivity index (χ1) is 13.0. The molecule has 0 aliphatic rings. The molecule has 0 radical (unpaired) electrons. The monoisotopic (exact) mass is 364 g/mol. The summed E-state index contributed by atoms with van der Waals surface area (Å²) in [5.74, 6) is 0.574. The lowest BCUT2D eigenvalue weighted by Gasteiger charge is -2.09. The highest BCUT2D eigenvalue weighted by atomic mass is 16.5. The maximum atomic E-state index is 12.2. The van der Waals surface area contributed by atoms with Crippen LogP contribution in [0.25, 0.3) is 11.4 Å². The lowest BCUT2D eigenvalue weighted by atomic mass is 10.1. The molecule has 0 fully saturated rings. The molecule has 0 saturated carbocycles. The molecule has 2 amide bonds. The molecule has 3 aromatic rings. The molecule has 1 aromatic heterocycles. The number of nitrogens with one attached hydrogen (secondary N) is 2. The molecule has 0 atom stereocenters. The molecule has 2 N–H and O–H groups in total. The summed E-state index contributed by atoms with van der Waals surface area (Å²) in [5.41, 5.74) is 3.03. The van der Waals surface area contributed by atoms with E-state index in [2.05, 4.69) is 20.8 Å². The van der Waals surface area contributed by atoms with E-state index in [1.54, 1.807) is 31.2 Å². The standard InChI is InChI=1S/C20H20N4O3/c1-13-5-3-4-6-17(13)23-18(25)11-12-21-20(26)16-9-7-15(8-10-16)19-22-14(2)27-24-19/h3-10H,11-12H2,1-2H3,(H,21,26)(H,23,25). The summed E-state index contributed by atoms with van der Waals surface area (Å²) in [6.45, 7) is 3.90. The van der Waals surface area contributed by atoms with Gasteiger partial charge in [0, 0.05) is 36.7 Å². The average molecular weight is 364 g/mol. The van der Waals surface area contributed by atoms with Crippen molar-refractivity contribution < 1.29 is 14.1 Å². The Morgan fingerprint density at radius 3 is 2.44 bits per heavy atom. The molecular weight excluding hydrogens is 344 g/mol. The van der Waals surface area contributed by atoms with Gasteiger partial charge >= 0.3 is 0 Å². The van der Waals surface area contributed by atoms with Gasteiger partial charge in [-0.3, -0.25) is 9.59 Å². The fourth-order valence-electron chi connectivity index (χ4n) is 2.50. The number of anilines is 1. The molecule has 0 unspecified atom stereocenters. The highest BCUT2D eigenvalue weighted by Crippen LogP contribution is 2.16. The van der Waals surface area contributed by atoms with E-state index in [4.69, 9.17) is 4.52 Å². The largest absolute Gasteiger partial charge is 0.352 e. The highest BCUT2D eigenvalue weighted by molar-refractivity contribution is 5.95. The summed E-state index contributed by atoms with van der Waals surface area (Å²) in [7, 11) is 0. The van der Waals surface area contributed by atoms with Gasteiger partial charge in [-0.05, 0) is 30.7 Å². The number of hydrogen-bond donors (Lipinski definition) is 2. The minimum atomic E-state index is -0.241. The van der Waals surface area contributed by atoms with Crippen molar-refractivity contribution in [3.63, 3.8) is 0 Å². The topological polar surface area (TPSA) is 97.1 Å². The Morgan fingerprint density at radius 2 is 1.78 bits per heavy atom. The van der Waals surface area contributed by atoms with Crippen molar-refractivity contribution in [1.82, 2.24) is 15.5 Å². The quantitative estimate of drug-likeness (QED) is 0.700. The van der Waals surface area contributed by atoms with Crippen molar-refractivity contribution >= 4 is 17.5 Å². The van der Waals surface area contributed by atoms with E-state index in [0.29, 0.717) is 17.3 Å². The van der Waals surface area contributed by atoms with Crippen LogP contribution in [-0.2, 0) is 4.79 Å². The number of carbonyl (C=O) groups is 2. The van der Waals surface area contributed by atoms with Gasteiger partial charge in [-0.25, -0.2) is 0 Å². The van der Waals surface area contributed by atoms with Crippen LogP contribution in [0.2, 0.25) is 0 Å². The van der Waals surface area contributed by atoms with Crippen LogP contribution in [-0.4, -0.2) is 28.5 Å². The van der Waals surface area contributed by atoms with Gasteiger partial charge in [-0.1, -0.05) is 35.5 Å². The first kappa shape index (κ1) is 18.3. The molecule has 1 heterocycles. The third-order valence-electron chi connectivity index (χ3n) is 3.99. The minimum absolute atomic E-state index is 0.146. The van der Waals surface area contributed by atoms with Crippen LogP contribution in [0.15, 0.2) is 53.1 Å². The summed E-state index contributed by atoms with van der Waals surface area (Å²) >= 11 is 0. The second-order valence-electron chi connectivity index (χ2n) is 6.08. The summed E-state index contributed by atoms with van der Waals surface area (Å²) in [6.07, 6.45) is 0.195.